The van der Waals surface area contributed by atoms with Crippen molar-refractivity contribution in [2.45, 2.75) is 37.8 Å². The number of hydrogen-bond acceptors (Lipinski definition) is 5. The van der Waals surface area contributed by atoms with E-state index >= 15 is 0 Å². The van der Waals surface area contributed by atoms with E-state index in [1.807, 2.05) is 0 Å². The van der Waals surface area contributed by atoms with Crippen molar-refractivity contribution in [2.75, 3.05) is 26.2 Å². The zero-order chi connectivity index (χ0) is 16.7. The van der Waals surface area contributed by atoms with Crippen LogP contribution >= 0.6 is 0 Å². The average Bonchev–Trinajstić information content (AvgIpc) is 3.23. The van der Waals surface area contributed by atoms with Gasteiger partial charge in [-0.05, 0) is 62.7 Å². The van der Waals surface area contributed by atoms with Crippen molar-refractivity contribution >= 4 is 5.91 Å². The molecule has 2 N–H and O–H groups in total. The van der Waals surface area contributed by atoms with E-state index in [0.29, 0.717) is 24.9 Å². The van der Waals surface area contributed by atoms with Crippen LogP contribution in [-0.2, 0) is 0 Å². The van der Waals surface area contributed by atoms with Crippen LogP contribution in [0.4, 0.5) is 0 Å². The molecule has 3 heterocycles. The summed E-state index contributed by atoms with van der Waals surface area (Å²) >= 11 is 0. The summed E-state index contributed by atoms with van der Waals surface area (Å²) in [4.78, 5) is 20.9. The predicted molar refractivity (Wildman–Crippen MR) is 88.6 cm³/mol. The summed E-state index contributed by atoms with van der Waals surface area (Å²) < 4.78 is 0. The fraction of sp³-hybridized carbons (Fsp3) is 0.667. The summed E-state index contributed by atoms with van der Waals surface area (Å²) in [7, 11) is 0. The molecule has 0 radical (unpaired) electrons. The third kappa shape index (κ3) is 2.78. The van der Waals surface area contributed by atoms with E-state index in [-0.39, 0.29) is 29.5 Å². The quantitative estimate of drug-likeness (QED) is 0.848. The Labute approximate surface area is 142 Å². The van der Waals surface area contributed by atoms with Crippen molar-refractivity contribution in [3.05, 3.63) is 24.0 Å². The van der Waals surface area contributed by atoms with Crippen LogP contribution in [0.5, 0.6) is 5.75 Å². The Morgan fingerprint density at radius 1 is 1.17 bits per heavy atom. The molecule has 1 saturated carbocycles. The van der Waals surface area contributed by atoms with Gasteiger partial charge in [-0.3, -0.25) is 9.69 Å². The van der Waals surface area contributed by atoms with E-state index in [9.17, 15) is 15.0 Å². The van der Waals surface area contributed by atoms with Crippen molar-refractivity contribution in [3.63, 3.8) is 0 Å². The number of carbonyl (C=O) groups is 1. The summed E-state index contributed by atoms with van der Waals surface area (Å²) in [6.07, 6.45) is 5.42. The summed E-state index contributed by atoms with van der Waals surface area (Å²) in [6.45, 7) is 3.53. The number of hydrogen-bond donors (Lipinski definition) is 2. The molecule has 6 heteroatoms. The fourth-order valence-electron chi connectivity index (χ4n) is 4.75. The van der Waals surface area contributed by atoms with Crippen LogP contribution in [0.1, 0.15) is 36.2 Å². The van der Waals surface area contributed by atoms with Gasteiger partial charge in [0.2, 0.25) is 0 Å². The van der Waals surface area contributed by atoms with Crippen LogP contribution in [0.25, 0.3) is 0 Å². The molecule has 3 aliphatic rings. The lowest BCUT2D eigenvalue weighted by Crippen LogP contribution is -2.48. The Morgan fingerprint density at radius 2 is 1.88 bits per heavy atom. The molecule has 3 fully saturated rings. The van der Waals surface area contributed by atoms with Crippen LogP contribution in [0, 0.1) is 11.8 Å². The number of aliphatic hydroxyl groups excluding tert-OH is 1. The van der Waals surface area contributed by atoms with Gasteiger partial charge < -0.3 is 15.1 Å². The van der Waals surface area contributed by atoms with E-state index in [0.717, 1.165) is 25.9 Å². The molecule has 0 aromatic carbocycles. The predicted octanol–water partition coefficient (Wildman–Crippen LogP) is 1.09. The van der Waals surface area contributed by atoms with E-state index in [2.05, 4.69) is 9.88 Å². The first-order valence-corrected chi connectivity index (χ1v) is 8.99. The minimum Gasteiger partial charge on any atom is -0.505 e. The van der Waals surface area contributed by atoms with Gasteiger partial charge in [-0.25, -0.2) is 4.98 Å². The van der Waals surface area contributed by atoms with Crippen LogP contribution in [0.15, 0.2) is 18.3 Å². The highest BCUT2D eigenvalue weighted by molar-refractivity contribution is 5.95. The number of aliphatic hydroxyl groups is 1. The van der Waals surface area contributed by atoms with Gasteiger partial charge in [-0.1, -0.05) is 0 Å². The van der Waals surface area contributed by atoms with E-state index in [1.54, 1.807) is 11.0 Å². The average molecular weight is 331 g/mol. The van der Waals surface area contributed by atoms with Crippen LogP contribution < -0.4 is 0 Å². The molecular weight excluding hydrogens is 306 g/mol. The minimum atomic E-state index is -0.289. The second-order valence-corrected chi connectivity index (χ2v) is 7.45. The van der Waals surface area contributed by atoms with Gasteiger partial charge in [0.05, 0.1) is 6.10 Å². The number of pyridine rings is 1. The van der Waals surface area contributed by atoms with Crippen LogP contribution in [0.2, 0.25) is 0 Å². The van der Waals surface area contributed by atoms with E-state index in [4.69, 9.17) is 0 Å². The molecule has 0 bridgehead atoms. The molecule has 1 aliphatic carbocycles. The highest BCUT2D eigenvalue weighted by Crippen LogP contribution is 2.39. The lowest BCUT2D eigenvalue weighted by molar-refractivity contribution is -0.000865. The number of amides is 1. The highest BCUT2D eigenvalue weighted by atomic mass is 16.3. The van der Waals surface area contributed by atoms with Crippen LogP contribution in [0.3, 0.4) is 0 Å². The van der Waals surface area contributed by atoms with Gasteiger partial charge in [0.25, 0.3) is 5.91 Å². The highest BCUT2D eigenvalue weighted by Gasteiger charge is 2.45. The lowest BCUT2D eigenvalue weighted by Gasteiger charge is -2.40. The first kappa shape index (κ1) is 15.8. The smallest absolute Gasteiger partial charge is 0.276 e. The first-order chi connectivity index (χ1) is 11.6. The van der Waals surface area contributed by atoms with Crippen molar-refractivity contribution in [3.8, 4) is 5.75 Å². The zero-order valence-electron chi connectivity index (χ0n) is 13.8. The fourth-order valence-corrected chi connectivity index (χ4v) is 4.75. The Bertz CT molecular complexity index is 617. The largest absolute Gasteiger partial charge is 0.505 e. The summed E-state index contributed by atoms with van der Waals surface area (Å²) in [6, 6.07) is 3.36. The molecule has 1 aromatic rings. The monoisotopic (exact) mass is 331 g/mol. The molecule has 0 unspecified atom stereocenters. The maximum Gasteiger partial charge on any atom is 0.276 e. The maximum atomic E-state index is 12.7. The Balaban J connectivity index is 1.46. The molecule has 0 spiro atoms. The standard InChI is InChI=1S/C18H25N3O3/c22-15-4-3-5-19-17(15)18(24)21-10-12-8-14(20-6-1-2-7-20)16(23)9-13(12)11-21/h3-5,12-14,16,22-23H,1-2,6-11H2/t12-,13+,14-,16-/m1/s1. The lowest BCUT2D eigenvalue weighted by atomic mass is 9.77. The number of nitrogens with zero attached hydrogens (tertiary/aromatic N) is 3. The van der Waals surface area contributed by atoms with E-state index < -0.39 is 0 Å². The molecule has 1 amide bonds. The van der Waals surface area contributed by atoms with Crippen molar-refractivity contribution in [2.24, 2.45) is 11.8 Å². The number of fused-ring (bicyclic) bond motifs is 1. The van der Waals surface area contributed by atoms with Gasteiger partial charge in [0.15, 0.2) is 5.69 Å². The van der Waals surface area contributed by atoms with Gasteiger partial charge in [-0.15, -0.1) is 0 Å². The Kier molecular flexibility index (Phi) is 4.18. The second-order valence-electron chi connectivity index (χ2n) is 7.45. The number of aromatic hydroxyl groups is 1. The SMILES string of the molecule is O=C(c1ncccc1O)N1C[C@H]2C[C@@H](N3CCCC3)[C@H](O)C[C@H]2C1. The molecule has 24 heavy (non-hydrogen) atoms. The number of carbonyl (C=O) groups excluding carboxylic acids is 1. The van der Waals surface area contributed by atoms with Crippen molar-refractivity contribution < 1.29 is 15.0 Å². The molecule has 2 aliphatic heterocycles. The Hall–Kier alpha value is -1.66. The molecule has 4 rings (SSSR count). The maximum absolute atomic E-state index is 12.7. The van der Waals surface area contributed by atoms with Crippen molar-refractivity contribution in [1.82, 2.24) is 14.8 Å². The summed E-state index contributed by atoms with van der Waals surface area (Å²) in [5, 5.41) is 20.4. The van der Waals surface area contributed by atoms with Crippen molar-refractivity contribution in [1.29, 1.82) is 0 Å². The van der Waals surface area contributed by atoms with Crippen LogP contribution in [-0.4, -0.2) is 69.2 Å². The Morgan fingerprint density at radius 3 is 2.58 bits per heavy atom. The van der Waals surface area contributed by atoms with Gasteiger partial charge in [0, 0.05) is 25.3 Å². The van der Waals surface area contributed by atoms with Gasteiger partial charge in [-0.2, -0.15) is 0 Å². The third-order valence-electron chi connectivity index (χ3n) is 5.99. The molecule has 130 valence electrons. The number of rotatable bonds is 2. The van der Waals surface area contributed by atoms with E-state index in [1.165, 1.54) is 25.1 Å². The molecule has 4 atom stereocenters. The second kappa shape index (κ2) is 6.33. The normalized spacial score (nSPS) is 33.6. The zero-order valence-corrected chi connectivity index (χ0v) is 13.8. The number of aromatic nitrogens is 1. The van der Waals surface area contributed by atoms with Gasteiger partial charge >= 0.3 is 0 Å². The minimum absolute atomic E-state index is 0.0626. The third-order valence-corrected chi connectivity index (χ3v) is 5.99. The molecule has 6 nitrogen and oxygen atoms in total. The van der Waals surface area contributed by atoms with Gasteiger partial charge in [0.1, 0.15) is 5.75 Å². The first-order valence-electron chi connectivity index (χ1n) is 8.99. The molecule has 2 saturated heterocycles. The number of likely N-dealkylation sites (tertiary alicyclic amines) is 2. The topological polar surface area (TPSA) is 76.9 Å². The molecular formula is C18H25N3O3. The summed E-state index contributed by atoms with van der Waals surface area (Å²) in [5.41, 5.74) is 0.132. The molecule has 1 aromatic heterocycles. The summed E-state index contributed by atoms with van der Waals surface area (Å²) in [5.74, 6) is 0.532.